The van der Waals surface area contributed by atoms with Crippen LogP contribution < -0.4 is 15.4 Å². The summed E-state index contributed by atoms with van der Waals surface area (Å²) in [5.41, 5.74) is 2.44. The molecule has 2 aromatic carbocycles. The lowest BCUT2D eigenvalue weighted by Gasteiger charge is -2.11. The molecule has 0 aliphatic heterocycles. The van der Waals surface area contributed by atoms with E-state index in [-0.39, 0.29) is 6.61 Å². The predicted molar refractivity (Wildman–Crippen MR) is 113 cm³/mol. The zero-order valence-electron chi connectivity index (χ0n) is 16.0. The van der Waals surface area contributed by atoms with E-state index in [0.717, 1.165) is 22.5 Å². The van der Waals surface area contributed by atoms with E-state index < -0.39 is 0 Å². The topological polar surface area (TPSA) is 97.1 Å². The quantitative estimate of drug-likeness (QED) is 0.397. The molecule has 0 aliphatic carbocycles. The number of fused-ring (bicyclic) bond motifs is 1. The standard InChI is InChI=1S/C21H22N6O2/c1-29-17-10-5-7-15(13-17)24-19-18-14-23-27(16-8-3-2-4-9-16)20(18)26-21(25-19)22-11-6-12-28/h2-5,7-10,13-14,28H,6,11-12H2,1H3,(H2,22,24,25,26). The van der Waals surface area contributed by atoms with E-state index in [1.54, 1.807) is 18.0 Å². The van der Waals surface area contributed by atoms with Crippen LogP contribution in [0.2, 0.25) is 0 Å². The van der Waals surface area contributed by atoms with Crippen LogP contribution in [0.5, 0.6) is 5.75 Å². The van der Waals surface area contributed by atoms with Gasteiger partial charge < -0.3 is 20.5 Å². The molecule has 2 aromatic heterocycles. The van der Waals surface area contributed by atoms with Crippen LogP contribution in [0.3, 0.4) is 0 Å². The number of rotatable bonds is 8. The van der Waals surface area contributed by atoms with Gasteiger partial charge in [0.1, 0.15) is 11.6 Å². The average Bonchev–Trinajstić information content (AvgIpc) is 3.19. The van der Waals surface area contributed by atoms with Gasteiger partial charge in [0.25, 0.3) is 0 Å². The number of methoxy groups -OCH3 is 1. The van der Waals surface area contributed by atoms with Gasteiger partial charge in [-0.15, -0.1) is 0 Å². The Morgan fingerprint density at radius 1 is 1.07 bits per heavy atom. The van der Waals surface area contributed by atoms with Crippen molar-refractivity contribution in [2.45, 2.75) is 6.42 Å². The van der Waals surface area contributed by atoms with Crippen molar-refractivity contribution in [3.63, 3.8) is 0 Å². The van der Waals surface area contributed by atoms with Gasteiger partial charge in [0, 0.05) is 24.9 Å². The summed E-state index contributed by atoms with van der Waals surface area (Å²) < 4.78 is 7.09. The zero-order valence-corrected chi connectivity index (χ0v) is 16.0. The van der Waals surface area contributed by atoms with Gasteiger partial charge in [-0.1, -0.05) is 24.3 Å². The third-order valence-corrected chi connectivity index (χ3v) is 4.38. The van der Waals surface area contributed by atoms with Crippen molar-refractivity contribution in [2.24, 2.45) is 0 Å². The Kier molecular flexibility index (Phi) is 5.53. The summed E-state index contributed by atoms with van der Waals surface area (Å²) in [5, 5.41) is 20.9. The second-order valence-electron chi connectivity index (χ2n) is 6.39. The number of anilines is 3. The first-order valence-electron chi connectivity index (χ1n) is 9.35. The van der Waals surface area contributed by atoms with Crippen LogP contribution in [0.1, 0.15) is 6.42 Å². The third-order valence-electron chi connectivity index (χ3n) is 4.38. The van der Waals surface area contributed by atoms with Crippen molar-refractivity contribution in [2.75, 3.05) is 30.9 Å². The molecule has 0 unspecified atom stereocenters. The molecule has 8 nitrogen and oxygen atoms in total. The molecule has 0 spiro atoms. The highest BCUT2D eigenvalue weighted by Gasteiger charge is 2.14. The van der Waals surface area contributed by atoms with Crippen LogP contribution in [-0.4, -0.2) is 45.1 Å². The summed E-state index contributed by atoms with van der Waals surface area (Å²) in [7, 11) is 1.63. The van der Waals surface area contributed by atoms with Crippen molar-refractivity contribution in [1.82, 2.24) is 19.7 Å². The van der Waals surface area contributed by atoms with Gasteiger partial charge in [-0.25, -0.2) is 4.68 Å². The van der Waals surface area contributed by atoms with Crippen molar-refractivity contribution < 1.29 is 9.84 Å². The van der Waals surface area contributed by atoms with Crippen molar-refractivity contribution in [1.29, 1.82) is 0 Å². The lowest BCUT2D eigenvalue weighted by atomic mass is 10.3. The maximum Gasteiger partial charge on any atom is 0.226 e. The molecule has 8 heteroatoms. The molecule has 4 aromatic rings. The number of para-hydroxylation sites is 1. The van der Waals surface area contributed by atoms with E-state index in [1.165, 1.54) is 0 Å². The zero-order chi connectivity index (χ0) is 20.1. The van der Waals surface area contributed by atoms with Gasteiger partial charge in [-0.3, -0.25) is 0 Å². The van der Waals surface area contributed by atoms with Crippen molar-refractivity contribution in [3.8, 4) is 11.4 Å². The molecule has 0 aliphatic rings. The van der Waals surface area contributed by atoms with E-state index >= 15 is 0 Å². The minimum Gasteiger partial charge on any atom is -0.497 e. The summed E-state index contributed by atoms with van der Waals surface area (Å²) in [6.07, 6.45) is 2.36. The molecule has 0 amide bonds. The molecular formula is C21H22N6O2. The highest BCUT2D eigenvalue weighted by molar-refractivity contribution is 5.90. The number of hydrogen-bond donors (Lipinski definition) is 3. The van der Waals surface area contributed by atoms with E-state index in [0.29, 0.717) is 30.4 Å². The fourth-order valence-electron chi connectivity index (χ4n) is 2.96. The van der Waals surface area contributed by atoms with Crippen LogP contribution in [0, 0.1) is 0 Å². The Morgan fingerprint density at radius 3 is 2.72 bits per heavy atom. The fourth-order valence-corrected chi connectivity index (χ4v) is 2.96. The highest BCUT2D eigenvalue weighted by atomic mass is 16.5. The second-order valence-corrected chi connectivity index (χ2v) is 6.39. The van der Waals surface area contributed by atoms with Gasteiger partial charge in [-0.2, -0.15) is 15.1 Å². The Labute approximate surface area is 168 Å². The van der Waals surface area contributed by atoms with Gasteiger partial charge in [-0.05, 0) is 30.7 Å². The molecule has 0 bridgehead atoms. The minimum atomic E-state index is 0.103. The Morgan fingerprint density at radius 2 is 1.93 bits per heavy atom. The number of aromatic nitrogens is 4. The maximum atomic E-state index is 9.06. The summed E-state index contributed by atoms with van der Waals surface area (Å²) in [5.74, 6) is 1.85. The Bertz CT molecular complexity index is 1100. The van der Waals surface area contributed by atoms with Crippen LogP contribution >= 0.6 is 0 Å². The summed E-state index contributed by atoms with van der Waals surface area (Å²) >= 11 is 0. The molecule has 29 heavy (non-hydrogen) atoms. The van der Waals surface area contributed by atoms with E-state index in [4.69, 9.17) is 9.84 Å². The van der Waals surface area contributed by atoms with Crippen LogP contribution in [0.4, 0.5) is 17.5 Å². The van der Waals surface area contributed by atoms with E-state index in [9.17, 15) is 0 Å². The van der Waals surface area contributed by atoms with Crippen LogP contribution in [0.15, 0.2) is 60.8 Å². The second kappa shape index (κ2) is 8.57. The fraction of sp³-hybridized carbons (Fsp3) is 0.190. The molecule has 0 fully saturated rings. The molecule has 0 radical (unpaired) electrons. The molecular weight excluding hydrogens is 368 g/mol. The number of aliphatic hydroxyl groups is 1. The lowest BCUT2D eigenvalue weighted by Crippen LogP contribution is -2.09. The van der Waals surface area contributed by atoms with Gasteiger partial charge in [0.05, 0.1) is 24.4 Å². The normalized spacial score (nSPS) is 10.8. The molecule has 3 N–H and O–H groups in total. The van der Waals surface area contributed by atoms with Gasteiger partial charge in [0.15, 0.2) is 5.65 Å². The average molecular weight is 390 g/mol. The highest BCUT2D eigenvalue weighted by Crippen LogP contribution is 2.28. The number of benzene rings is 2. The maximum absolute atomic E-state index is 9.06. The first-order valence-corrected chi connectivity index (χ1v) is 9.35. The lowest BCUT2D eigenvalue weighted by molar-refractivity contribution is 0.292. The molecule has 4 rings (SSSR count). The number of ether oxygens (including phenoxy) is 1. The van der Waals surface area contributed by atoms with Gasteiger partial charge >= 0.3 is 0 Å². The molecule has 2 heterocycles. The van der Waals surface area contributed by atoms with E-state index in [2.05, 4.69) is 25.7 Å². The smallest absolute Gasteiger partial charge is 0.226 e. The number of nitrogens with zero attached hydrogens (tertiary/aromatic N) is 4. The van der Waals surface area contributed by atoms with Crippen LogP contribution in [-0.2, 0) is 0 Å². The van der Waals surface area contributed by atoms with Crippen molar-refractivity contribution in [3.05, 3.63) is 60.8 Å². The third kappa shape index (κ3) is 4.12. The largest absolute Gasteiger partial charge is 0.497 e. The monoisotopic (exact) mass is 390 g/mol. The van der Waals surface area contributed by atoms with Crippen molar-refractivity contribution >= 4 is 28.5 Å². The molecule has 0 saturated heterocycles. The van der Waals surface area contributed by atoms with Gasteiger partial charge in [0.2, 0.25) is 5.95 Å². The first kappa shape index (κ1) is 18.7. The van der Waals surface area contributed by atoms with Crippen LogP contribution in [0.25, 0.3) is 16.7 Å². The molecule has 0 atom stereocenters. The number of nitrogens with one attached hydrogen (secondary N) is 2. The number of hydrogen-bond acceptors (Lipinski definition) is 7. The molecule has 148 valence electrons. The van der Waals surface area contributed by atoms with E-state index in [1.807, 2.05) is 54.6 Å². The Hall–Kier alpha value is -3.65. The summed E-state index contributed by atoms with van der Waals surface area (Å²) in [4.78, 5) is 9.27. The number of aliphatic hydroxyl groups excluding tert-OH is 1. The first-order chi connectivity index (χ1) is 14.3. The Balaban J connectivity index is 1.78. The predicted octanol–water partition coefficient (Wildman–Crippen LogP) is 3.36. The molecule has 0 saturated carbocycles. The SMILES string of the molecule is COc1cccc(Nc2nc(NCCCO)nc3c2cnn3-c2ccccc2)c1. The summed E-state index contributed by atoms with van der Waals surface area (Å²) in [6.45, 7) is 0.673. The minimum absolute atomic E-state index is 0.103. The summed E-state index contributed by atoms with van der Waals surface area (Å²) in [6, 6.07) is 17.5.